The van der Waals surface area contributed by atoms with Crippen LogP contribution in [-0.2, 0) is 11.3 Å². The van der Waals surface area contributed by atoms with Crippen molar-refractivity contribution in [2.45, 2.75) is 32.7 Å². The van der Waals surface area contributed by atoms with Crippen LogP contribution in [0.3, 0.4) is 0 Å². The Balaban J connectivity index is 1.62. The zero-order valence-corrected chi connectivity index (χ0v) is 17.8. The number of anilines is 1. The minimum Gasteiger partial charge on any atom is -0.327 e. The largest absolute Gasteiger partial charge is 0.327 e. The lowest BCUT2D eigenvalue weighted by atomic mass is 10.1. The summed E-state index contributed by atoms with van der Waals surface area (Å²) in [6.07, 6.45) is 3.73. The van der Waals surface area contributed by atoms with Gasteiger partial charge < -0.3 is 4.90 Å². The number of aromatic nitrogens is 1. The Morgan fingerprint density at radius 2 is 1.66 bits per heavy atom. The predicted molar refractivity (Wildman–Crippen MR) is 119 cm³/mol. The number of piperidine rings is 1. The molecule has 0 saturated carbocycles. The fraction of sp³-hybridized carbons (Fsp3) is 0.333. The summed E-state index contributed by atoms with van der Waals surface area (Å²) in [6, 6.07) is 20.5. The number of hydrogen-bond donors (Lipinski definition) is 1. The van der Waals surface area contributed by atoms with Gasteiger partial charge in [-0.15, -0.1) is 0 Å². The first kappa shape index (κ1) is 19.8. The Labute approximate surface area is 176 Å². The first-order valence-electron chi connectivity index (χ1n) is 10.4. The van der Waals surface area contributed by atoms with Gasteiger partial charge in [0.1, 0.15) is 0 Å². The van der Waals surface area contributed by atoms with Gasteiger partial charge in [-0.1, -0.05) is 72.0 Å². The van der Waals surface area contributed by atoms with Crippen molar-refractivity contribution in [1.82, 2.24) is 4.98 Å². The molecule has 0 bridgehead atoms. The molecule has 0 radical (unpaired) electrons. The van der Waals surface area contributed by atoms with Gasteiger partial charge in [-0.05, 0) is 37.3 Å². The van der Waals surface area contributed by atoms with E-state index in [4.69, 9.17) is 4.98 Å². The second-order valence-electron chi connectivity index (χ2n) is 7.73. The Kier molecular flexibility index (Phi) is 6.37. The van der Waals surface area contributed by atoms with Gasteiger partial charge in [0, 0.05) is 0 Å². The smallest absolute Gasteiger partial charge is 0.284 e. The zero-order chi connectivity index (χ0) is 20.1. The lowest BCUT2D eigenvalue weighted by Gasteiger charge is -2.26. The van der Waals surface area contributed by atoms with Crippen molar-refractivity contribution in [2.75, 3.05) is 24.5 Å². The first-order chi connectivity index (χ1) is 14.2. The van der Waals surface area contributed by atoms with Crippen molar-refractivity contribution >= 4 is 22.4 Å². The van der Waals surface area contributed by atoms with Gasteiger partial charge >= 0.3 is 0 Å². The fourth-order valence-electron chi connectivity index (χ4n) is 3.92. The number of nitrogens with zero attached hydrogens (tertiary/aromatic N) is 2. The summed E-state index contributed by atoms with van der Waals surface area (Å²) in [4.78, 5) is 22.6. The van der Waals surface area contributed by atoms with Gasteiger partial charge in [-0.3, -0.25) is 9.69 Å². The number of hydrogen-bond acceptors (Lipinski definition) is 3. The standard InChI is InChI=1S/C24H27N3OS/c1-19-23(21-13-7-3-8-14-21)29-24(25-19)27(17-20-11-5-2-6-12-20)22(28)18-26-15-9-4-10-16-26/h2-3,5-8,11-14H,4,9-10,15-18H2,1H3/p+1. The van der Waals surface area contributed by atoms with E-state index >= 15 is 0 Å². The predicted octanol–water partition coefficient (Wildman–Crippen LogP) is 3.72. The summed E-state index contributed by atoms with van der Waals surface area (Å²) in [5.74, 6) is 0.166. The number of carbonyl (C=O) groups excluding carboxylic acids is 1. The molecule has 1 aliphatic heterocycles. The maximum absolute atomic E-state index is 13.3. The van der Waals surface area contributed by atoms with E-state index in [1.54, 1.807) is 11.3 Å². The molecule has 5 heteroatoms. The number of carbonyl (C=O) groups is 1. The highest BCUT2D eigenvalue weighted by molar-refractivity contribution is 7.19. The lowest BCUT2D eigenvalue weighted by Crippen LogP contribution is -3.13. The third-order valence-corrected chi connectivity index (χ3v) is 6.73. The fourth-order valence-corrected chi connectivity index (χ4v) is 5.01. The molecule has 0 aliphatic carbocycles. The number of benzene rings is 2. The molecule has 4 nitrogen and oxygen atoms in total. The van der Waals surface area contributed by atoms with Crippen LogP contribution in [0, 0.1) is 6.92 Å². The van der Waals surface area contributed by atoms with Crippen molar-refractivity contribution < 1.29 is 9.69 Å². The van der Waals surface area contributed by atoms with Gasteiger partial charge in [0.25, 0.3) is 5.91 Å². The molecule has 1 N–H and O–H groups in total. The molecular formula is C24H28N3OS+. The number of likely N-dealkylation sites (tertiary alicyclic amines) is 1. The molecule has 1 amide bonds. The quantitative estimate of drug-likeness (QED) is 0.677. The zero-order valence-electron chi connectivity index (χ0n) is 16.9. The van der Waals surface area contributed by atoms with Gasteiger partial charge in [0.05, 0.1) is 30.2 Å². The second-order valence-corrected chi connectivity index (χ2v) is 8.71. The highest BCUT2D eigenvalue weighted by Crippen LogP contribution is 2.35. The molecule has 1 fully saturated rings. The molecule has 0 atom stereocenters. The van der Waals surface area contributed by atoms with Crippen LogP contribution in [0.5, 0.6) is 0 Å². The van der Waals surface area contributed by atoms with Gasteiger partial charge in [-0.2, -0.15) is 0 Å². The minimum absolute atomic E-state index is 0.166. The van der Waals surface area contributed by atoms with E-state index in [0.29, 0.717) is 13.1 Å². The second kappa shape index (κ2) is 9.33. The molecule has 3 aromatic rings. The maximum Gasteiger partial charge on any atom is 0.284 e. The Morgan fingerprint density at radius 3 is 2.34 bits per heavy atom. The highest BCUT2D eigenvalue weighted by atomic mass is 32.1. The van der Waals surface area contributed by atoms with Gasteiger partial charge in [0.2, 0.25) is 0 Å². The molecule has 29 heavy (non-hydrogen) atoms. The summed E-state index contributed by atoms with van der Waals surface area (Å²) < 4.78 is 0. The van der Waals surface area contributed by atoms with Crippen LogP contribution in [0.25, 0.3) is 10.4 Å². The van der Waals surface area contributed by atoms with Crippen LogP contribution in [0.15, 0.2) is 60.7 Å². The number of thiazole rings is 1. The third kappa shape index (κ3) is 4.92. The number of rotatable bonds is 6. The molecule has 1 saturated heterocycles. The molecule has 2 aromatic carbocycles. The summed E-state index contributed by atoms with van der Waals surface area (Å²) in [5, 5.41) is 0.798. The average Bonchev–Trinajstić information content (AvgIpc) is 3.15. The highest BCUT2D eigenvalue weighted by Gasteiger charge is 2.26. The van der Waals surface area contributed by atoms with Crippen LogP contribution in [0.2, 0.25) is 0 Å². The molecule has 4 rings (SSSR count). The van der Waals surface area contributed by atoms with E-state index in [1.807, 2.05) is 48.2 Å². The number of quaternary nitrogens is 1. The van der Waals surface area contributed by atoms with E-state index in [0.717, 1.165) is 39.9 Å². The molecule has 0 spiro atoms. The molecule has 1 aromatic heterocycles. The van der Waals surface area contributed by atoms with Crippen LogP contribution in [-0.4, -0.2) is 30.5 Å². The molecule has 2 heterocycles. The summed E-state index contributed by atoms with van der Waals surface area (Å²) in [6.45, 7) is 5.33. The van der Waals surface area contributed by atoms with Crippen LogP contribution in [0.1, 0.15) is 30.5 Å². The van der Waals surface area contributed by atoms with Crippen molar-refractivity contribution in [3.05, 3.63) is 71.9 Å². The average molecular weight is 407 g/mol. The Morgan fingerprint density at radius 1 is 1.00 bits per heavy atom. The molecule has 0 unspecified atom stereocenters. The van der Waals surface area contributed by atoms with E-state index in [9.17, 15) is 4.79 Å². The number of aryl methyl sites for hydroxylation is 1. The monoisotopic (exact) mass is 406 g/mol. The van der Waals surface area contributed by atoms with Crippen molar-refractivity contribution in [3.8, 4) is 10.4 Å². The molecular weight excluding hydrogens is 378 g/mol. The normalized spacial score (nSPS) is 14.7. The van der Waals surface area contributed by atoms with Crippen molar-refractivity contribution in [1.29, 1.82) is 0 Å². The van der Waals surface area contributed by atoms with Crippen molar-refractivity contribution in [3.63, 3.8) is 0 Å². The third-order valence-electron chi connectivity index (χ3n) is 5.50. The van der Waals surface area contributed by atoms with Gasteiger partial charge in [0.15, 0.2) is 11.7 Å². The summed E-state index contributed by atoms with van der Waals surface area (Å²) >= 11 is 1.62. The van der Waals surface area contributed by atoms with Crippen molar-refractivity contribution in [2.24, 2.45) is 0 Å². The summed E-state index contributed by atoms with van der Waals surface area (Å²) in [7, 11) is 0. The maximum atomic E-state index is 13.3. The van der Waals surface area contributed by atoms with E-state index in [2.05, 4.69) is 24.3 Å². The van der Waals surface area contributed by atoms with E-state index in [-0.39, 0.29) is 5.91 Å². The molecule has 1 aliphatic rings. The van der Waals surface area contributed by atoms with Gasteiger partial charge in [-0.25, -0.2) is 4.98 Å². The van der Waals surface area contributed by atoms with Crippen LogP contribution in [0.4, 0.5) is 5.13 Å². The topological polar surface area (TPSA) is 37.6 Å². The van der Waals surface area contributed by atoms with E-state index in [1.165, 1.54) is 24.2 Å². The molecule has 150 valence electrons. The number of amides is 1. The number of nitrogens with one attached hydrogen (secondary N) is 1. The Bertz CT molecular complexity index is 933. The Hall–Kier alpha value is -2.50. The lowest BCUT2D eigenvalue weighted by molar-refractivity contribution is -0.896. The first-order valence-corrected chi connectivity index (χ1v) is 11.2. The SMILES string of the molecule is Cc1nc(N(Cc2ccccc2)C(=O)C[NH+]2CCCCC2)sc1-c1ccccc1. The minimum atomic E-state index is 0.166. The van der Waals surface area contributed by atoms with Crippen LogP contribution < -0.4 is 9.80 Å². The summed E-state index contributed by atoms with van der Waals surface area (Å²) in [5.41, 5.74) is 3.26. The van der Waals surface area contributed by atoms with Crippen LogP contribution >= 0.6 is 11.3 Å². The van der Waals surface area contributed by atoms with E-state index < -0.39 is 0 Å².